The van der Waals surface area contributed by atoms with Crippen molar-refractivity contribution in [2.45, 2.75) is 18.7 Å². The minimum Gasteiger partial charge on any atom is -0.505 e. The molecule has 7 nitrogen and oxygen atoms in total. The molecule has 145 valence electrons. The fourth-order valence-electron chi connectivity index (χ4n) is 2.58. The molecule has 0 atom stereocenters. The summed E-state index contributed by atoms with van der Waals surface area (Å²) >= 11 is 0. The van der Waals surface area contributed by atoms with Crippen LogP contribution in [0.3, 0.4) is 0 Å². The van der Waals surface area contributed by atoms with Crippen LogP contribution in [0.5, 0.6) is 11.5 Å². The normalized spacial score (nSPS) is 11.7. The Bertz CT molecular complexity index is 1160. The van der Waals surface area contributed by atoms with E-state index in [1.165, 1.54) is 12.1 Å². The topological polar surface area (TPSA) is 120 Å². The third kappa shape index (κ3) is 4.12. The molecule has 3 N–H and O–H groups in total. The van der Waals surface area contributed by atoms with Crippen LogP contribution < -0.4 is 0 Å². The van der Waals surface area contributed by atoms with E-state index in [0.717, 1.165) is 5.56 Å². The Morgan fingerprint density at radius 1 is 0.926 bits per heavy atom. The van der Waals surface area contributed by atoms with Crippen molar-refractivity contribution in [1.29, 1.82) is 0 Å². The average molecular weight is 436 g/mol. The molecule has 0 aliphatic carbocycles. The van der Waals surface area contributed by atoms with Crippen molar-refractivity contribution >= 4 is 32.3 Å². The monoisotopic (exact) mass is 435 g/mol. The SMILES string of the molecule is Cc1ccc2cc(S(=O)(=O)O)c(N=Nc3cccc(C)c3O)c(O)c2c1.[Cu]. The number of aromatic hydroxyl groups is 2. The molecular formula is C18H16CuN2O5S. The van der Waals surface area contributed by atoms with Crippen LogP contribution >= 0.6 is 0 Å². The van der Waals surface area contributed by atoms with Crippen LogP contribution in [-0.4, -0.2) is 23.2 Å². The average Bonchev–Trinajstić information content (AvgIpc) is 2.57. The molecule has 0 saturated carbocycles. The van der Waals surface area contributed by atoms with Crippen LogP contribution in [0, 0.1) is 13.8 Å². The number of rotatable bonds is 3. The Morgan fingerprint density at radius 2 is 1.63 bits per heavy atom. The summed E-state index contributed by atoms with van der Waals surface area (Å²) < 4.78 is 33.0. The van der Waals surface area contributed by atoms with Gasteiger partial charge in [0.25, 0.3) is 10.1 Å². The number of hydrogen-bond donors (Lipinski definition) is 3. The van der Waals surface area contributed by atoms with Gasteiger partial charge in [-0.15, -0.1) is 10.2 Å². The van der Waals surface area contributed by atoms with E-state index in [9.17, 15) is 23.2 Å². The van der Waals surface area contributed by atoms with E-state index in [1.807, 2.05) is 6.92 Å². The molecule has 27 heavy (non-hydrogen) atoms. The standard InChI is InChI=1S/C18H16N2O5S.Cu/c1-10-6-7-12-9-15(26(23,24)25)16(18(22)13(12)8-10)20-19-14-5-3-4-11(2)17(14)21;/h3-9,21-22H,1-2H3,(H,23,24,25);. The van der Waals surface area contributed by atoms with Gasteiger partial charge in [0.2, 0.25) is 0 Å². The minimum absolute atomic E-state index is 0. The van der Waals surface area contributed by atoms with Crippen molar-refractivity contribution in [3.8, 4) is 11.5 Å². The maximum absolute atomic E-state index is 11.7. The molecule has 3 rings (SSSR count). The van der Waals surface area contributed by atoms with E-state index in [1.54, 1.807) is 37.3 Å². The van der Waals surface area contributed by atoms with Gasteiger partial charge in [0.05, 0.1) is 0 Å². The number of azo groups is 1. The van der Waals surface area contributed by atoms with Gasteiger partial charge >= 0.3 is 0 Å². The van der Waals surface area contributed by atoms with Gasteiger partial charge in [-0.25, -0.2) is 0 Å². The summed E-state index contributed by atoms with van der Waals surface area (Å²) in [6, 6.07) is 11.1. The zero-order valence-electron chi connectivity index (χ0n) is 14.3. The zero-order valence-corrected chi connectivity index (χ0v) is 16.1. The molecule has 0 unspecified atom stereocenters. The Morgan fingerprint density at radius 3 is 2.30 bits per heavy atom. The third-order valence-electron chi connectivity index (χ3n) is 3.96. The fourth-order valence-corrected chi connectivity index (χ4v) is 3.23. The molecule has 0 amide bonds. The van der Waals surface area contributed by atoms with E-state index in [0.29, 0.717) is 16.3 Å². The number of nitrogens with zero attached hydrogens (tertiary/aromatic N) is 2. The smallest absolute Gasteiger partial charge is 0.296 e. The van der Waals surface area contributed by atoms with E-state index in [-0.39, 0.29) is 28.5 Å². The Labute approximate surface area is 166 Å². The largest absolute Gasteiger partial charge is 0.505 e. The van der Waals surface area contributed by atoms with Gasteiger partial charge in [-0.05, 0) is 43.0 Å². The van der Waals surface area contributed by atoms with Crippen molar-refractivity contribution in [2.75, 3.05) is 0 Å². The van der Waals surface area contributed by atoms with Crippen LogP contribution in [0.25, 0.3) is 10.8 Å². The van der Waals surface area contributed by atoms with E-state index >= 15 is 0 Å². The molecule has 0 fully saturated rings. The summed E-state index contributed by atoms with van der Waals surface area (Å²) in [5, 5.41) is 29.0. The molecule has 0 bridgehead atoms. The summed E-state index contributed by atoms with van der Waals surface area (Å²) in [5.41, 5.74) is 1.13. The maximum atomic E-state index is 11.7. The molecule has 1 radical (unpaired) electrons. The number of aryl methyl sites for hydroxylation is 2. The first-order valence-corrected chi connectivity index (χ1v) is 9.06. The number of phenolic OH excluding ortho intramolecular Hbond substituents is 2. The third-order valence-corrected chi connectivity index (χ3v) is 4.83. The molecule has 9 heteroatoms. The summed E-state index contributed by atoms with van der Waals surface area (Å²) in [4.78, 5) is -0.567. The van der Waals surface area contributed by atoms with Gasteiger partial charge in [-0.2, -0.15) is 8.42 Å². The maximum Gasteiger partial charge on any atom is 0.296 e. The summed E-state index contributed by atoms with van der Waals surface area (Å²) in [7, 11) is -4.66. The molecule has 3 aromatic rings. The molecule has 0 saturated heterocycles. The molecule has 0 aliphatic heterocycles. The van der Waals surface area contributed by atoms with Crippen LogP contribution in [0.2, 0.25) is 0 Å². The number of benzene rings is 3. The van der Waals surface area contributed by atoms with E-state index < -0.39 is 26.5 Å². The predicted molar refractivity (Wildman–Crippen MR) is 97.2 cm³/mol. The van der Waals surface area contributed by atoms with E-state index in [2.05, 4.69) is 10.2 Å². The molecule has 0 aliphatic rings. The first kappa shape index (κ1) is 20.9. The van der Waals surface area contributed by atoms with Crippen molar-refractivity contribution in [2.24, 2.45) is 10.2 Å². The quantitative estimate of drug-likeness (QED) is 0.317. The first-order chi connectivity index (χ1) is 12.2. The number of para-hydroxylation sites is 1. The Kier molecular flexibility index (Phi) is 5.91. The van der Waals surface area contributed by atoms with Crippen LogP contribution in [0.1, 0.15) is 11.1 Å². The van der Waals surface area contributed by atoms with Gasteiger partial charge in [0, 0.05) is 22.5 Å². The van der Waals surface area contributed by atoms with Crippen molar-refractivity contribution in [1.82, 2.24) is 0 Å². The summed E-state index contributed by atoms with van der Waals surface area (Å²) in [6.45, 7) is 3.50. The summed E-state index contributed by atoms with van der Waals surface area (Å²) in [6.07, 6.45) is 0. The molecule has 0 spiro atoms. The van der Waals surface area contributed by atoms with Crippen molar-refractivity contribution < 1.29 is 40.3 Å². The van der Waals surface area contributed by atoms with Crippen LogP contribution in [-0.2, 0) is 27.2 Å². The van der Waals surface area contributed by atoms with Crippen molar-refractivity contribution in [3.63, 3.8) is 0 Å². The fraction of sp³-hybridized carbons (Fsp3) is 0.111. The second-order valence-electron chi connectivity index (χ2n) is 5.91. The minimum atomic E-state index is -4.66. The van der Waals surface area contributed by atoms with Gasteiger partial charge < -0.3 is 10.2 Å². The molecule has 0 heterocycles. The zero-order chi connectivity index (χ0) is 19.1. The van der Waals surface area contributed by atoms with Gasteiger partial charge in [0.1, 0.15) is 22.0 Å². The predicted octanol–water partition coefficient (Wildman–Crippen LogP) is 4.53. The van der Waals surface area contributed by atoms with Gasteiger partial charge in [0.15, 0.2) is 5.75 Å². The first-order valence-electron chi connectivity index (χ1n) is 7.62. The second kappa shape index (κ2) is 7.66. The van der Waals surface area contributed by atoms with Gasteiger partial charge in [-0.3, -0.25) is 4.55 Å². The Hall–Kier alpha value is -2.45. The Balaban J connectivity index is 0.00000261. The summed E-state index contributed by atoms with van der Waals surface area (Å²) in [5.74, 6) is -0.532. The van der Waals surface area contributed by atoms with E-state index in [4.69, 9.17) is 0 Å². The molecular weight excluding hydrogens is 420 g/mol. The molecule has 0 aromatic heterocycles. The second-order valence-corrected chi connectivity index (χ2v) is 7.30. The number of phenols is 2. The van der Waals surface area contributed by atoms with Crippen LogP contribution in [0.4, 0.5) is 11.4 Å². The number of hydrogen-bond acceptors (Lipinski definition) is 6. The van der Waals surface area contributed by atoms with Crippen LogP contribution in [0.15, 0.2) is 57.6 Å². The van der Waals surface area contributed by atoms with Crippen molar-refractivity contribution in [3.05, 3.63) is 53.6 Å². The van der Waals surface area contributed by atoms with Gasteiger partial charge in [-0.1, -0.05) is 29.8 Å². The number of fused-ring (bicyclic) bond motifs is 1. The molecule has 3 aromatic carbocycles.